The maximum atomic E-state index is 11.9. The van der Waals surface area contributed by atoms with Gasteiger partial charge in [0, 0.05) is 12.7 Å². The van der Waals surface area contributed by atoms with Crippen LogP contribution < -0.4 is 0 Å². The zero-order valence-corrected chi connectivity index (χ0v) is 14.0. The lowest BCUT2D eigenvalue weighted by Crippen LogP contribution is -2.24. The fourth-order valence-corrected chi connectivity index (χ4v) is 2.26. The van der Waals surface area contributed by atoms with E-state index in [-0.39, 0.29) is 10.9 Å². The molecule has 1 aromatic carbocycles. The summed E-state index contributed by atoms with van der Waals surface area (Å²) in [5.41, 5.74) is 0.275. The van der Waals surface area contributed by atoms with Gasteiger partial charge in [0.1, 0.15) is 11.7 Å². The molecule has 0 aliphatic rings. The highest BCUT2D eigenvalue weighted by Gasteiger charge is 2.21. The highest BCUT2D eigenvalue weighted by atomic mass is 32.2. The second kappa shape index (κ2) is 7.76. The highest BCUT2D eigenvalue weighted by Crippen LogP contribution is 2.21. The van der Waals surface area contributed by atoms with Gasteiger partial charge in [-0.1, -0.05) is 23.9 Å². The van der Waals surface area contributed by atoms with Gasteiger partial charge in [-0.05, 0) is 38.5 Å². The minimum Gasteiger partial charge on any atom is -0.456 e. The van der Waals surface area contributed by atoms with E-state index in [0.717, 1.165) is 11.8 Å². The van der Waals surface area contributed by atoms with E-state index in [9.17, 15) is 19.8 Å². The van der Waals surface area contributed by atoms with Gasteiger partial charge in [0.2, 0.25) is 0 Å². The first-order valence-corrected chi connectivity index (χ1v) is 7.91. The van der Waals surface area contributed by atoms with Crippen molar-refractivity contribution < 1.29 is 24.5 Å². The molecule has 0 spiro atoms. The zero-order chi connectivity index (χ0) is 16.9. The number of rotatable bonds is 5. The van der Waals surface area contributed by atoms with Crippen molar-refractivity contribution in [3.8, 4) is 0 Å². The van der Waals surface area contributed by atoms with Crippen molar-refractivity contribution in [2.45, 2.75) is 45.5 Å². The Hall–Kier alpha value is -1.37. The second-order valence-corrected chi connectivity index (χ2v) is 7.14. The lowest BCUT2D eigenvalue weighted by atomic mass is 10.0. The first-order valence-electron chi connectivity index (χ1n) is 6.93. The predicted molar refractivity (Wildman–Crippen MR) is 85.7 cm³/mol. The van der Waals surface area contributed by atoms with E-state index in [2.05, 4.69) is 0 Å². The number of benzene rings is 1. The number of aliphatic hydroxyl groups is 2. The average Bonchev–Trinajstić information content (AvgIpc) is 2.42. The molecular weight excluding hydrogens is 304 g/mol. The summed E-state index contributed by atoms with van der Waals surface area (Å²) in [5, 5.41) is 19.7. The summed E-state index contributed by atoms with van der Waals surface area (Å²) >= 11 is 0.954. The van der Waals surface area contributed by atoms with Crippen molar-refractivity contribution in [2.24, 2.45) is 0 Å². The number of hydrogen-bond acceptors (Lipinski definition) is 6. The topological polar surface area (TPSA) is 83.8 Å². The van der Waals surface area contributed by atoms with Crippen molar-refractivity contribution in [3.05, 3.63) is 35.4 Å². The van der Waals surface area contributed by atoms with E-state index in [1.54, 1.807) is 32.9 Å². The third kappa shape index (κ3) is 6.17. The largest absolute Gasteiger partial charge is 0.456 e. The molecule has 0 amide bonds. The predicted octanol–water partition coefficient (Wildman–Crippen LogP) is 2.32. The van der Waals surface area contributed by atoms with Crippen LogP contribution in [0, 0.1) is 0 Å². The van der Waals surface area contributed by atoms with Gasteiger partial charge in [0.05, 0.1) is 11.7 Å². The Morgan fingerprint density at radius 1 is 1.18 bits per heavy atom. The molecule has 1 rings (SSSR count). The highest BCUT2D eigenvalue weighted by molar-refractivity contribution is 8.13. The van der Waals surface area contributed by atoms with E-state index in [4.69, 9.17) is 4.74 Å². The van der Waals surface area contributed by atoms with Gasteiger partial charge in [-0.15, -0.1) is 0 Å². The molecule has 122 valence electrons. The Bertz CT molecular complexity index is 518. The van der Waals surface area contributed by atoms with E-state index in [1.165, 1.54) is 19.1 Å². The minimum atomic E-state index is -1.11. The molecule has 1 aromatic rings. The van der Waals surface area contributed by atoms with E-state index in [0.29, 0.717) is 11.1 Å². The molecule has 0 aromatic heterocycles. The normalized spacial score (nSPS) is 14.3. The number of thioether (sulfide) groups is 1. The Morgan fingerprint density at radius 3 is 2.18 bits per heavy atom. The molecule has 0 radical (unpaired) electrons. The van der Waals surface area contributed by atoms with Gasteiger partial charge in [-0.3, -0.25) is 4.79 Å². The van der Waals surface area contributed by atoms with Crippen LogP contribution in [0.1, 0.15) is 49.7 Å². The quantitative estimate of drug-likeness (QED) is 0.808. The van der Waals surface area contributed by atoms with Crippen LogP contribution in [0.15, 0.2) is 24.3 Å². The van der Waals surface area contributed by atoms with Crippen molar-refractivity contribution in [1.82, 2.24) is 0 Å². The number of carbonyl (C=O) groups excluding carboxylic acids is 2. The summed E-state index contributed by atoms with van der Waals surface area (Å²) in [7, 11) is 0. The number of hydrogen-bond donors (Lipinski definition) is 2. The summed E-state index contributed by atoms with van der Waals surface area (Å²) in [6.45, 7) is 6.75. The first-order chi connectivity index (χ1) is 10.1. The summed E-state index contributed by atoms with van der Waals surface area (Å²) in [4.78, 5) is 22.7. The second-order valence-electron chi connectivity index (χ2n) is 5.94. The molecule has 0 aliphatic carbocycles. The van der Waals surface area contributed by atoms with Gasteiger partial charge in [-0.25, -0.2) is 4.79 Å². The zero-order valence-electron chi connectivity index (χ0n) is 13.2. The molecule has 0 bridgehead atoms. The van der Waals surface area contributed by atoms with Crippen LogP contribution in [-0.4, -0.2) is 38.8 Å². The molecule has 0 aliphatic heterocycles. The van der Waals surface area contributed by atoms with Gasteiger partial charge < -0.3 is 14.9 Å². The van der Waals surface area contributed by atoms with Crippen LogP contribution >= 0.6 is 11.8 Å². The lowest BCUT2D eigenvalue weighted by Gasteiger charge is -2.20. The molecule has 0 saturated carbocycles. The molecule has 2 N–H and O–H groups in total. The minimum absolute atomic E-state index is 0.115. The molecule has 0 fully saturated rings. The molecule has 5 nitrogen and oxygen atoms in total. The summed E-state index contributed by atoms with van der Waals surface area (Å²) < 4.78 is 5.24. The Labute approximate surface area is 134 Å². The molecule has 22 heavy (non-hydrogen) atoms. The fourth-order valence-electron chi connectivity index (χ4n) is 1.67. The number of carbonyl (C=O) groups is 2. The summed E-state index contributed by atoms with van der Waals surface area (Å²) in [6.07, 6.45) is -2.17. The van der Waals surface area contributed by atoms with Crippen LogP contribution in [0.2, 0.25) is 0 Å². The molecular formula is C16H22O5S. The Morgan fingerprint density at radius 2 is 1.73 bits per heavy atom. The fraction of sp³-hybridized carbons (Fsp3) is 0.500. The summed E-state index contributed by atoms with van der Waals surface area (Å²) in [6, 6.07) is 6.20. The van der Waals surface area contributed by atoms with Crippen LogP contribution in [0.25, 0.3) is 0 Å². The number of esters is 1. The first kappa shape index (κ1) is 18.7. The van der Waals surface area contributed by atoms with Crippen molar-refractivity contribution in [2.75, 3.05) is 5.75 Å². The van der Waals surface area contributed by atoms with E-state index < -0.39 is 23.8 Å². The molecule has 2 unspecified atom stereocenters. The van der Waals surface area contributed by atoms with Crippen molar-refractivity contribution >= 4 is 22.8 Å². The third-order valence-electron chi connectivity index (χ3n) is 2.71. The summed E-state index contributed by atoms with van der Waals surface area (Å²) in [5.74, 6) is -0.328. The van der Waals surface area contributed by atoms with Crippen LogP contribution in [0.5, 0.6) is 0 Å². The standard InChI is InChI=1S/C16H22O5S/c1-10(17)22-9-13(18)14(19)11-5-7-12(8-6-11)15(20)21-16(2,3)4/h5-8,13-14,18-19H,9H2,1-4H3. The van der Waals surface area contributed by atoms with Crippen molar-refractivity contribution in [1.29, 1.82) is 0 Å². The monoisotopic (exact) mass is 326 g/mol. The van der Waals surface area contributed by atoms with Crippen LogP contribution in [0.4, 0.5) is 0 Å². The molecule has 0 saturated heterocycles. The maximum Gasteiger partial charge on any atom is 0.338 e. The Balaban J connectivity index is 2.71. The Kier molecular flexibility index (Phi) is 6.59. The van der Waals surface area contributed by atoms with E-state index >= 15 is 0 Å². The smallest absolute Gasteiger partial charge is 0.338 e. The van der Waals surface area contributed by atoms with Gasteiger partial charge in [0.25, 0.3) is 0 Å². The van der Waals surface area contributed by atoms with E-state index in [1.807, 2.05) is 0 Å². The SMILES string of the molecule is CC(=O)SCC(O)C(O)c1ccc(C(=O)OC(C)(C)C)cc1. The third-order valence-corrected chi connectivity index (χ3v) is 3.62. The molecule has 0 heterocycles. The molecule has 2 atom stereocenters. The van der Waals surface area contributed by atoms with Gasteiger partial charge in [-0.2, -0.15) is 0 Å². The van der Waals surface area contributed by atoms with Gasteiger partial charge >= 0.3 is 5.97 Å². The number of ether oxygens (including phenoxy) is 1. The number of aliphatic hydroxyl groups excluding tert-OH is 2. The van der Waals surface area contributed by atoms with Crippen LogP contribution in [0.3, 0.4) is 0 Å². The maximum absolute atomic E-state index is 11.9. The van der Waals surface area contributed by atoms with Crippen molar-refractivity contribution in [3.63, 3.8) is 0 Å². The van der Waals surface area contributed by atoms with Crippen LogP contribution in [-0.2, 0) is 9.53 Å². The molecule has 6 heteroatoms. The van der Waals surface area contributed by atoms with Gasteiger partial charge in [0.15, 0.2) is 5.12 Å². The lowest BCUT2D eigenvalue weighted by molar-refractivity contribution is -0.109. The average molecular weight is 326 g/mol.